The number of carbonyl (C=O) groups excluding carboxylic acids is 1. The Balaban J connectivity index is 1.49. The van der Waals surface area contributed by atoms with Gasteiger partial charge < -0.3 is 14.4 Å². The topological polar surface area (TPSA) is 38.8 Å². The number of ether oxygens (including phenoxy) is 2. The Morgan fingerprint density at radius 2 is 1.78 bits per heavy atom. The van der Waals surface area contributed by atoms with Crippen LogP contribution in [0.4, 0.5) is 0 Å². The molecule has 0 saturated carbocycles. The molecule has 1 amide bonds. The number of nitrogens with zero attached hydrogens (tertiary/aromatic N) is 1. The van der Waals surface area contributed by atoms with E-state index in [1.54, 1.807) is 0 Å². The summed E-state index contributed by atoms with van der Waals surface area (Å²) in [5.74, 6) is 2.00. The number of aryl methyl sites for hydroxylation is 2. The van der Waals surface area contributed by atoms with E-state index in [0.717, 1.165) is 48.6 Å². The molecular formula is C23H29NO3. The van der Waals surface area contributed by atoms with Gasteiger partial charge in [-0.05, 0) is 55.7 Å². The summed E-state index contributed by atoms with van der Waals surface area (Å²) >= 11 is 0. The summed E-state index contributed by atoms with van der Waals surface area (Å²) in [4.78, 5) is 14.6. The lowest BCUT2D eigenvalue weighted by atomic mass is 10.1. The third-order valence-corrected chi connectivity index (χ3v) is 5.02. The van der Waals surface area contributed by atoms with E-state index in [1.807, 2.05) is 36.1 Å². The molecule has 0 atom stereocenters. The van der Waals surface area contributed by atoms with Gasteiger partial charge in [0.2, 0.25) is 5.91 Å². The Labute approximate surface area is 162 Å². The zero-order chi connectivity index (χ0) is 19.2. The van der Waals surface area contributed by atoms with E-state index in [1.165, 1.54) is 5.56 Å². The van der Waals surface area contributed by atoms with Crippen molar-refractivity contribution in [3.8, 4) is 11.5 Å². The Bertz CT molecular complexity index is 762. The highest BCUT2D eigenvalue weighted by molar-refractivity contribution is 5.78. The number of piperidine rings is 1. The first-order valence-corrected chi connectivity index (χ1v) is 9.78. The minimum Gasteiger partial charge on any atom is -0.494 e. The van der Waals surface area contributed by atoms with Crippen LogP contribution in [0.2, 0.25) is 0 Å². The minimum atomic E-state index is 0.181. The average Bonchev–Trinajstić information content (AvgIpc) is 2.67. The fourth-order valence-electron chi connectivity index (χ4n) is 3.39. The van der Waals surface area contributed by atoms with Crippen molar-refractivity contribution in [2.45, 2.75) is 46.1 Å². The lowest BCUT2D eigenvalue weighted by Crippen LogP contribution is -2.42. The highest BCUT2D eigenvalue weighted by atomic mass is 16.5. The van der Waals surface area contributed by atoms with Crippen LogP contribution in [-0.4, -0.2) is 36.6 Å². The number of hydrogen-bond acceptors (Lipinski definition) is 3. The van der Waals surface area contributed by atoms with E-state index in [0.29, 0.717) is 13.0 Å². The molecule has 0 aromatic heterocycles. The highest BCUT2D eigenvalue weighted by Gasteiger charge is 2.24. The smallest absolute Gasteiger partial charge is 0.226 e. The number of hydrogen-bond donors (Lipinski definition) is 0. The minimum absolute atomic E-state index is 0.181. The van der Waals surface area contributed by atoms with Gasteiger partial charge in [0.1, 0.15) is 17.6 Å². The third-order valence-electron chi connectivity index (χ3n) is 5.02. The first-order valence-electron chi connectivity index (χ1n) is 9.78. The molecule has 0 bridgehead atoms. The molecule has 27 heavy (non-hydrogen) atoms. The van der Waals surface area contributed by atoms with Crippen LogP contribution in [0.5, 0.6) is 11.5 Å². The molecule has 1 aliphatic rings. The van der Waals surface area contributed by atoms with Crippen LogP contribution in [0.1, 0.15) is 36.5 Å². The molecule has 2 aromatic rings. The molecule has 0 radical (unpaired) electrons. The lowest BCUT2D eigenvalue weighted by Gasteiger charge is -2.32. The average molecular weight is 367 g/mol. The van der Waals surface area contributed by atoms with Gasteiger partial charge >= 0.3 is 0 Å². The first-order chi connectivity index (χ1) is 13.0. The number of benzene rings is 2. The van der Waals surface area contributed by atoms with Crippen molar-refractivity contribution in [3.63, 3.8) is 0 Å². The monoisotopic (exact) mass is 367 g/mol. The number of carbonyl (C=O) groups is 1. The SMILES string of the molecule is CCOc1ccc(CC(=O)N2CCC(Oc3cc(C)ccc3C)CC2)cc1. The number of rotatable bonds is 6. The van der Waals surface area contributed by atoms with Crippen LogP contribution in [0.15, 0.2) is 42.5 Å². The van der Waals surface area contributed by atoms with Crippen molar-refractivity contribution >= 4 is 5.91 Å². The maximum Gasteiger partial charge on any atom is 0.226 e. The summed E-state index contributed by atoms with van der Waals surface area (Å²) in [6, 6.07) is 14.1. The van der Waals surface area contributed by atoms with Gasteiger partial charge in [0.15, 0.2) is 0 Å². The van der Waals surface area contributed by atoms with Gasteiger partial charge in [0.05, 0.1) is 13.0 Å². The Kier molecular flexibility index (Phi) is 6.38. The zero-order valence-electron chi connectivity index (χ0n) is 16.5. The van der Waals surface area contributed by atoms with Crippen LogP contribution in [-0.2, 0) is 11.2 Å². The van der Waals surface area contributed by atoms with Crippen molar-refractivity contribution < 1.29 is 14.3 Å². The van der Waals surface area contributed by atoms with Gasteiger partial charge in [-0.15, -0.1) is 0 Å². The lowest BCUT2D eigenvalue weighted by molar-refractivity contribution is -0.132. The normalized spacial score (nSPS) is 14.9. The van der Waals surface area contributed by atoms with E-state index in [4.69, 9.17) is 9.47 Å². The quantitative estimate of drug-likeness (QED) is 0.763. The van der Waals surface area contributed by atoms with E-state index < -0.39 is 0 Å². The maximum atomic E-state index is 12.6. The van der Waals surface area contributed by atoms with Crippen molar-refractivity contribution in [1.82, 2.24) is 4.90 Å². The second kappa shape index (κ2) is 8.94. The van der Waals surface area contributed by atoms with Crippen LogP contribution >= 0.6 is 0 Å². The van der Waals surface area contributed by atoms with Crippen LogP contribution < -0.4 is 9.47 Å². The molecule has 1 saturated heterocycles. The Hall–Kier alpha value is -2.49. The summed E-state index contributed by atoms with van der Waals surface area (Å²) in [6.45, 7) is 8.28. The summed E-state index contributed by atoms with van der Waals surface area (Å²) in [5.41, 5.74) is 3.39. The molecule has 4 nitrogen and oxygen atoms in total. The van der Waals surface area contributed by atoms with Gasteiger partial charge in [-0.3, -0.25) is 4.79 Å². The van der Waals surface area contributed by atoms with Crippen molar-refractivity contribution in [2.24, 2.45) is 0 Å². The number of likely N-dealkylation sites (tertiary alicyclic amines) is 1. The molecule has 0 aliphatic carbocycles. The predicted molar refractivity (Wildman–Crippen MR) is 107 cm³/mol. The van der Waals surface area contributed by atoms with Crippen LogP contribution in [0.25, 0.3) is 0 Å². The van der Waals surface area contributed by atoms with Crippen molar-refractivity contribution in [3.05, 3.63) is 59.2 Å². The molecule has 144 valence electrons. The summed E-state index contributed by atoms with van der Waals surface area (Å²) in [5, 5.41) is 0. The molecule has 1 heterocycles. The van der Waals surface area contributed by atoms with Crippen molar-refractivity contribution in [1.29, 1.82) is 0 Å². The standard InChI is InChI=1S/C23H29NO3/c1-4-26-20-9-7-19(8-10-20)16-23(25)24-13-11-21(12-14-24)27-22-15-17(2)5-6-18(22)3/h5-10,15,21H,4,11-14,16H2,1-3H3. The van der Waals surface area contributed by atoms with Gasteiger partial charge in [-0.2, -0.15) is 0 Å². The van der Waals surface area contributed by atoms with E-state index in [9.17, 15) is 4.79 Å². The zero-order valence-corrected chi connectivity index (χ0v) is 16.5. The molecule has 4 heteroatoms. The summed E-state index contributed by atoms with van der Waals surface area (Å²) in [6.07, 6.45) is 2.37. The Morgan fingerprint density at radius 3 is 2.44 bits per heavy atom. The van der Waals surface area contributed by atoms with Crippen molar-refractivity contribution in [2.75, 3.05) is 19.7 Å². The predicted octanol–water partition coefficient (Wildman–Crippen LogP) is 4.31. The second-order valence-corrected chi connectivity index (χ2v) is 7.22. The first kappa shape index (κ1) is 19.3. The molecule has 1 fully saturated rings. The second-order valence-electron chi connectivity index (χ2n) is 7.22. The molecule has 0 unspecified atom stereocenters. The number of amides is 1. The molecule has 0 N–H and O–H groups in total. The maximum absolute atomic E-state index is 12.6. The molecule has 1 aliphatic heterocycles. The van der Waals surface area contributed by atoms with Crippen LogP contribution in [0, 0.1) is 13.8 Å². The molecule has 2 aromatic carbocycles. The van der Waals surface area contributed by atoms with E-state index in [2.05, 4.69) is 32.0 Å². The van der Waals surface area contributed by atoms with Gasteiger partial charge in [-0.1, -0.05) is 24.3 Å². The Morgan fingerprint density at radius 1 is 1.07 bits per heavy atom. The van der Waals surface area contributed by atoms with Crippen LogP contribution in [0.3, 0.4) is 0 Å². The fourth-order valence-corrected chi connectivity index (χ4v) is 3.39. The fraction of sp³-hybridized carbons (Fsp3) is 0.435. The molecule has 3 rings (SSSR count). The highest BCUT2D eigenvalue weighted by Crippen LogP contribution is 2.24. The van der Waals surface area contributed by atoms with Gasteiger partial charge in [0.25, 0.3) is 0 Å². The summed E-state index contributed by atoms with van der Waals surface area (Å²) in [7, 11) is 0. The van der Waals surface area contributed by atoms with E-state index >= 15 is 0 Å². The van der Waals surface area contributed by atoms with Gasteiger partial charge in [-0.25, -0.2) is 0 Å². The largest absolute Gasteiger partial charge is 0.494 e. The molecular weight excluding hydrogens is 338 g/mol. The van der Waals surface area contributed by atoms with E-state index in [-0.39, 0.29) is 12.0 Å². The molecule has 0 spiro atoms. The third kappa shape index (κ3) is 5.25. The summed E-state index contributed by atoms with van der Waals surface area (Å²) < 4.78 is 11.6. The van der Waals surface area contributed by atoms with Gasteiger partial charge in [0, 0.05) is 25.9 Å².